The summed E-state index contributed by atoms with van der Waals surface area (Å²) < 4.78 is 2.41. The largest absolute Gasteiger partial charge is 0.309 e. The van der Waals surface area contributed by atoms with Gasteiger partial charge in [0.05, 0.1) is 11.0 Å². The van der Waals surface area contributed by atoms with E-state index in [0.717, 1.165) is 12.8 Å². The Morgan fingerprint density at radius 2 is 1.46 bits per heavy atom. The van der Waals surface area contributed by atoms with Crippen LogP contribution in [0.1, 0.15) is 36.5 Å². The molecular weight excluding hydrogens is 338 g/mol. The predicted molar refractivity (Wildman–Crippen MR) is 121 cm³/mol. The van der Waals surface area contributed by atoms with Gasteiger partial charge in [-0.15, -0.1) is 0 Å². The van der Waals surface area contributed by atoms with Crippen molar-refractivity contribution in [3.05, 3.63) is 95.1 Å². The Morgan fingerprint density at radius 1 is 0.714 bits per heavy atom. The number of rotatable bonds is 2. The molecule has 28 heavy (non-hydrogen) atoms. The van der Waals surface area contributed by atoms with Crippen LogP contribution in [0, 0.1) is 13.8 Å². The second-order valence-electron chi connectivity index (χ2n) is 7.95. The first kappa shape index (κ1) is 17.1. The van der Waals surface area contributed by atoms with Gasteiger partial charge in [-0.1, -0.05) is 48.0 Å². The van der Waals surface area contributed by atoms with Crippen LogP contribution in [-0.2, 0) is 0 Å². The van der Waals surface area contributed by atoms with Crippen LogP contribution in [0.5, 0.6) is 0 Å². The molecular formula is C27H25N. The highest BCUT2D eigenvalue weighted by molar-refractivity contribution is 6.10. The molecule has 1 nitrogen and oxygen atoms in total. The topological polar surface area (TPSA) is 4.93 Å². The molecule has 0 atom stereocenters. The molecule has 0 saturated carbocycles. The van der Waals surface area contributed by atoms with E-state index < -0.39 is 0 Å². The molecule has 0 saturated heterocycles. The molecule has 0 aliphatic heterocycles. The number of nitrogens with zero attached hydrogens (tertiary/aromatic N) is 1. The van der Waals surface area contributed by atoms with Crippen molar-refractivity contribution in [2.45, 2.75) is 33.6 Å². The van der Waals surface area contributed by atoms with E-state index in [1.165, 1.54) is 55.3 Å². The Labute approximate surface area is 166 Å². The molecule has 138 valence electrons. The first-order chi connectivity index (χ1) is 13.6. The Balaban J connectivity index is 1.86. The molecule has 0 amide bonds. The van der Waals surface area contributed by atoms with Gasteiger partial charge in [-0.2, -0.15) is 0 Å². The molecule has 1 aromatic heterocycles. The number of allylic oxidation sites excluding steroid dienone is 4. The molecule has 4 aromatic rings. The average Bonchev–Trinajstić information content (AvgIpc) is 3.02. The van der Waals surface area contributed by atoms with E-state index in [9.17, 15) is 0 Å². The van der Waals surface area contributed by atoms with Crippen molar-refractivity contribution in [1.29, 1.82) is 0 Å². The maximum Gasteiger partial charge on any atom is 0.0547 e. The van der Waals surface area contributed by atoms with Crippen molar-refractivity contribution in [3.63, 3.8) is 0 Å². The highest BCUT2D eigenvalue weighted by Crippen LogP contribution is 2.37. The summed E-state index contributed by atoms with van der Waals surface area (Å²) in [7, 11) is 0. The van der Waals surface area contributed by atoms with Gasteiger partial charge in [0.2, 0.25) is 0 Å². The number of fused-ring (bicyclic) bond motifs is 3. The van der Waals surface area contributed by atoms with Crippen molar-refractivity contribution >= 4 is 27.4 Å². The number of aromatic nitrogens is 1. The third kappa shape index (κ3) is 2.62. The molecule has 1 heterocycles. The van der Waals surface area contributed by atoms with Crippen molar-refractivity contribution in [2.75, 3.05) is 0 Å². The van der Waals surface area contributed by atoms with Crippen molar-refractivity contribution in [1.82, 2.24) is 4.57 Å². The first-order valence-electron chi connectivity index (χ1n) is 10.1. The van der Waals surface area contributed by atoms with E-state index in [1.807, 2.05) is 0 Å². The Bertz CT molecular complexity index is 1260. The normalized spacial score (nSPS) is 14.4. The predicted octanol–water partition coefficient (Wildman–Crippen LogP) is 7.52. The molecule has 0 N–H and O–H groups in total. The van der Waals surface area contributed by atoms with Crippen LogP contribution in [0.25, 0.3) is 33.1 Å². The fourth-order valence-electron chi connectivity index (χ4n) is 4.51. The number of hydrogen-bond acceptors (Lipinski definition) is 0. The summed E-state index contributed by atoms with van der Waals surface area (Å²) in [5.74, 6) is 0. The lowest BCUT2D eigenvalue weighted by Crippen LogP contribution is -1.98. The van der Waals surface area contributed by atoms with Gasteiger partial charge in [-0.3, -0.25) is 0 Å². The molecule has 1 aliphatic carbocycles. The Morgan fingerprint density at radius 3 is 2.25 bits per heavy atom. The van der Waals surface area contributed by atoms with E-state index >= 15 is 0 Å². The Kier molecular flexibility index (Phi) is 3.98. The Hall–Kier alpha value is -3.06. The van der Waals surface area contributed by atoms with Gasteiger partial charge in [0.15, 0.2) is 0 Å². The minimum atomic E-state index is 1.13. The lowest BCUT2D eigenvalue weighted by atomic mass is 9.89. The van der Waals surface area contributed by atoms with Crippen LogP contribution in [0.2, 0.25) is 0 Å². The molecule has 0 unspecified atom stereocenters. The molecule has 3 aromatic carbocycles. The third-order valence-corrected chi connectivity index (χ3v) is 5.99. The lowest BCUT2D eigenvalue weighted by Gasteiger charge is -2.17. The van der Waals surface area contributed by atoms with Crippen molar-refractivity contribution in [3.8, 4) is 5.69 Å². The van der Waals surface area contributed by atoms with Gasteiger partial charge in [-0.25, -0.2) is 0 Å². The van der Waals surface area contributed by atoms with E-state index in [-0.39, 0.29) is 0 Å². The van der Waals surface area contributed by atoms with E-state index in [0.29, 0.717) is 0 Å². The number of para-hydroxylation sites is 1. The third-order valence-electron chi connectivity index (χ3n) is 5.99. The zero-order valence-corrected chi connectivity index (χ0v) is 16.8. The standard InChI is InChI=1S/C27H25N/c1-18-12-14-21(15-13-18)28-26-11-7-6-10-23(26)25-16-20(3)24(17-27(25)28)22-9-5-4-8-19(22)2/h6-17H,4-5H2,1-3H3. The second-order valence-corrected chi connectivity index (χ2v) is 7.95. The van der Waals surface area contributed by atoms with Gasteiger partial charge in [0.1, 0.15) is 0 Å². The summed E-state index contributed by atoms with van der Waals surface area (Å²) >= 11 is 0. The van der Waals surface area contributed by atoms with E-state index in [4.69, 9.17) is 0 Å². The maximum absolute atomic E-state index is 2.41. The number of benzene rings is 3. The summed E-state index contributed by atoms with van der Waals surface area (Å²) in [6, 6.07) is 22.4. The zero-order chi connectivity index (χ0) is 19.3. The number of hydrogen-bond donors (Lipinski definition) is 0. The highest BCUT2D eigenvalue weighted by atomic mass is 15.0. The van der Waals surface area contributed by atoms with Crippen LogP contribution >= 0.6 is 0 Å². The number of aryl methyl sites for hydroxylation is 2. The summed E-state index contributed by atoms with van der Waals surface area (Å²) in [6.45, 7) is 6.63. The van der Waals surface area contributed by atoms with Gasteiger partial charge >= 0.3 is 0 Å². The van der Waals surface area contributed by atoms with Gasteiger partial charge in [-0.05, 0) is 86.2 Å². The molecule has 5 rings (SSSR count). The van der Waals surface area contributed by atoms with Crippen LogP contribution in [0.15, 0.2) is 78.4 Å². The first-order valence-corrected chi connectivity index (χ1v) is 10.1. The SMILES string of the molecule is CC1=CCCC=C1c1cc2c(cc1C)c1ccccc1n2-c1ccc(C)cc1. The van der Waals surface area contributed by atoms with Crippen LogP contribution in [-0.4, -0.2) is 4.57 Å². The van der Waals surface area contributed by atoms with Crippen molar-refractivity contribution < 1.29 is 0 Å². The summed E-state index contributed by atoms with van der Waals surface area (Å²) in [6.07, 6.45) is 7.06. The second kappa shape index (κ2) is 6.53. The van der Waals surface area contributed by atoms with Gasteiger partial charge < -0.3 is 4.57 Å². The monoisotopic (exact) mass is 363 g/mol. The molecule has 0 spiro atoms. The summed E-state index contributed by atoms with van der Waals surface area (Å²) in [4.78, 5) is 0. The molecule has 1 aliphatic rings. The van der Waals surface area contributed by atoms with E-state index in [2.05, 4.69) is 98.2 Å². The van der Waals surface area contributed by atoms with Gasteiger partial charge in [0.25, 0.3) is 0 Å². The minimum absolute atomic E-state index is 1.13. The maximum atomic E-state index is 2.41. The quantitative estimate of drug-likeness (QED) is 0.347. The minimum Gasteiger partial charge on any atom is -0.309 e. The fourth-order valence-corrected chi connectivity index (χ4v) is 4.51. The van der Waals surface area contributed by atoms with Gasteiger partial charge in [0, 0.05) is 16.5 Å². The fraction of sp³-hybridized carbons (Fsp3) is 0.185. The van der Waals surface area contributed by atoms with Crippen LogP contribution in [0.4, 0.5) is 0 Å². The van der Waals surface area contributed by atoms with Crippen LogP contribution in [0.3, 0.4) is 0 Å². The van der Waals surface area contributed by atoms with Crippen LogP contribution < -0.4 is 0 Å². The molecule has 0 radical (unpaired) electrons. The molecule has 0 fully saturated rings. The van der Waals surface area contributed by atoms with Crippen molar-refractivity contribution in [2.24, 2.45) is 0 Å². The zero-order valence-electron chi connectivity index (χ0n) is 16.8. The molecule has 1 heteroatoms. The van der Waals surface area contributed by atoms with E-state index in [1.54, 1.807) is 0 Å². The summed E-state index contributed by atoms with van der Waals surface area (Å²) in [5, 5.41) is 2.65. The molecule has 0 bridgehead atoms. The highest BCUT2D eigenvalue weighted by Gasteiger charge is 2.16. The smallest absolute Gasteiger partial charge is 0.0547 e. The lowest BCUT2D eigenvalue weighted by molar-refractivity contribution is 1.02. The average molecular weight is 364 g/mol. The summed E-state index contributed by atoms with van der Waals surface area (Å²) in [5.41, 5.74) is 10.5.